The van der Waals surface area contributed by atoms with Gasteiger partial charge in [-0.05, 0) is 40.0 Å². The van der Waals surface area contributed by atoms with Gasteiger partial charge in [-0.25, -0.2) is 4.98 Å². The van der Waals surface area contributed by atoms with Gasteiger partial charge in [-0.1, -0.05) is 0 Å². The maximum Gasteiger partial charge on any atom is 0.320 e. The summed E-state index contributed by atoms with van der Waals surface area (Å²) < 4.78 is 0.683. The lowest BCUT2D eigenvalue weighted by Crippen LogP contribution is -2.32. The molecule has 0 radical (unpaired) electrons. The Bertz CT molecular complexity index is 317. The number of carbonyl (C=O) groups is 1. The Balaban J connectivity index is 2.69. The third-order valence-corrected chi connectivity index (χ3v) is 2.00. The van der Waals surface area contributed by atoms with E-state index in [-0.39, 0.29) is 0 Å². The van der Waals surface area contributed by atoms with Crippen molar-refractivity contribution in [2.45, 2.75) is 12.5 Å². The molecule has 0 saturated heterocycles. The van der Waals surface area contributed by atoms with Crippen molar-refractivity contribution in [3.8, 4) is 0 Å². The molecule has 0 aliphatic heterocycles. The van der Waals surface area contributed by atoms with Gasteiger partial charge in [-0.2, -0.15) is 0 Å². The van der Waals surface area contributed by atoms with Crippen LogP contribution in [0.2, 0.25) is 0 Å². The van der Waals surface area contributed by atoms with Crippen LogP contribution in [-0.2, 0) is 11.2 Å². The first-order chi connectivity index (χ1) is 6.09. The summed E-state index contributed by atoms with van der Waals surface area (Å²) in [6, 6.07) is 2.64. The molecule has 3 N–H and O–H groups in total. The zero-order valence-electron chi connectivity index (χ0n) is 6.77. The smallest absolute Gasteiger partial charge is 0.320 e. The summed E-state index contributed by atoms with van der Waals surface area (Å²) in [6.07, 6.45) is 1.92. The highest BCUT2D eigenvalue weighted by Gasteiger charge is 2.11. The Morgan fingerprint density at radius 1 is 1.77 bits per heavy atom. The topological polar surface area (TPSA) is 76.2 Å². The lowest BCUT2D eigenvalue weighted by molar-refractivity contribution is -0.138. The lowest BCUT2D eigenvalue weighted by Gasteiger charge is -2.05. The molecule has 0 saturated carbocycles. The molecule has 1 aromatic heterocycles. The zero-order valence-corrected chi connectivity index (χ0v) is 8.36. The van der Waals surface area contributed by atoms with Crippen molar-refractivity contribution < 1.29 is 9.90 Å². The molecule has 0 aromatic carbocycles. The Hall–Kier alpha value is -0.940. The average molecular weight is 245 g/mol. The number of aliphatic carboxylic acids is 1. The van der Waals surface area contributed by atoms with E-state index in [2.05, 4.69) is 20.9 Å². The molecule has 13 heavy (non-hydrogen) atoms. The van der Waals surface area contributed by atoms with E-state index in [0.29, 0.717) is 11.0 Å². The molecule has 0 bridgehead atoms. The Morgan fingerprint density at radius 2 is 2.46 bits per heavy atom. The normalized spacial score (nSPS) is 12.5. The number of hydrogen-bond donors (Lipinski definition) is 2. The second-order valence-electron chi connectivity index (χ2n) is 2.64. The Kier molecular flexibility index (Phi) is 3.39. The van der Waals surface area contributed by atoms with Crippen LogP contribution in [0.3, 0.4) is 0 Å². The van der Waals surface area contributed by atoms with Gasteiger partial charge in [0.05, 0.1) is 0 Å². The standard InChI is InChI=1S/C8H9BrN2O2/c9-7-4-5(1-2-11-7)3-6(10)8(12)13/h1-2,4,6H,3,10H2,(H,12,13)/t6-/m0/s1. The summed E-state index contributed by atoms with van der Waals surface area (Å²) in [6.45, 7) is 0. The van der Waals surface area contributed by atoms with Crippen molar-refractivity contribution in [1.29, 1.82) is 0 Å². The van der Waals surface area contributed by atoms with E-state index < -0.39 is 12.0 Å². The van der Waals surface area contributed by atoms with Crippen molar-refractivity contribution in [1.82, 2.24) is 4.98 Å². The van der Waals surface area contributed by atoms with Crippen LogP contribution < -0.4 is 5.73 Å². The van der Waals surface area contributed by atoms with Crippen molar-refractivity contribution in [3.63, 3.8) is 0 Å². The van der Waals surface area contributed by atoms with Crippen LogP contribution in [0.15, 0.2) is 22.9 Å². The number of carboxylic acid groups (broad SMARTS) is 1. The van der Waals surface area contributed by atoms with Gasteiger partial charge < -0.3 is 10.8 Å². The molecule has 0 aliphatic carbocycles. The molecule has 1 rings (SSSR count). The van der Waals surface area contributed by atoms with Gasteiger partial charge >= 0.3 is 5.97 Å². The molecule has 0 amide bonds. The minimum absolute atomic E-state index is 0.316. The first-order valence-corrected chi connectivity index (χ1v) is 4.47. The average Bonchev–Trinajstić information content (AvgIpc) is 2.04. The molecule has 0 fully saturated rings. The number of rotatable bonds is 3. The first-order valence-electron chi connectivity index (χ1n) is 3.68. The van der Waals surface area contributed by atoms with Gasteiger partial charge in [0, 0.05) is 6.20 Å². The fourth-order valence-corrected chi connectivity index (χ4v) is 1.32. The van der Waals surface area contributed by atoms with Crippen LogP contribution in [0, 0.1) is 0 Å². The zero-order chi connectivity index (χ0) is 9.84. The molecule has 1 atom stereocenters. The fourth-order valence-electron chi connectivity index (χ4n) is 0.911. The highest BCUT2D eigenvalue weighted by molar-refractivity contribution is 9.10. The van der Waals surface area contributed by atoms with Crippen molar-refractivity contribution in [3.05, 3.63) is 28.5 Å². The number of aromatic nitrogens is 1. The molecule has 1 aromatic rings. The second-order valence-corrected chi connectivity index (χ2v) is 3.45. The third-order valence-electron chi connectivity index (χ3n) is 1.56. The van der Waals surface area contributed by atoms with E-state index in [0.717, 1.165) is 5.56 Å². The predicted molar refractivity (Wildman–Crippen MR) is 51.3 cm³/mol. The number of halogens is 1. The van der Waals surface area contributed by atoms with Gasteiger partial charge in [-0.15, -0.1) is 0 Å². The van der Waals surface area contributed by atoms with Gasteiger partial charge in [0.15, 0.2) is 0 Å². The summed E-state index contributed by atoms with van der Waals surface area (Å²) in [7, 11) is 0. The largest absolute Gasteiger partial charge is 0.480 e. The molecule has 70 valence electrons. The van der Waals surface area contributed by atoms with Crippen LogP contribution in [0.4, 0.5) is 0 Å². The SMILES string of the molecule is N[C@@H](Cc1ccnc(Br)c1)C(=O)O. The maximum absolute atomic E-state index is 10.4. The molecule has 5 heteroatoms. The van der Waals surface area contributed by atoms with Gasteiger partial charge in [0.1, 0.15) is 10.6 Å². The van der Waals surface area contributed by atoms with Gasteiger partial charge in [0.25, 0.3) is 0 Å². The number of hydrogen-bond acceptors (Lipinski definition) is 3. The quantitative estimate of drug-likeness (QED) is 0.772. The Morgan fingerprint density at radius 3 is 3.00 bits per heavy atom. The van der Waals surface area contributed by atoms with E-state index in [1.54, 1.807) is 18.3 Å². The molecular formula is C8H9BrN2O2. The summed E-state index contributed by atoms with van der Waals surface area (Å²) >= 11 is 3.19. The summed E-state index contributed by atoms with van der Waals surface area (Å²) in [5.41, 5.74) is 6.22. The molecule has 4 nitrogen and oxygen atoms in total. The minimum Gasteiger partial charge on any atom is -0.480 e. The highest BCUT2D eigenvalue weighted by Crippen LogP contribution is 2.09. The van der Waals surface area contributed by atoms with E-state index in [9.17, 15) is 4.79 Å². The second kappa shape index (κ2) is 4.34. The van der Waals surface area contributed by atoms with E-state index in [4.69, 9.17) is 10.8 Å². The van der Waals surface area contributed by atoms with Crippen LogP contribution in [0.25, 0.3) is 0 Å². The van der Waals surface area contributed by atoms with E-state index in [1.165, 1.54) is 0 Å². The minimum atomic E-state index is -0.993. The van der Waals surface area contributed by atoms with Gasteiger partial charge in [0.2, 0.25) is 0 Å². The lowest BCUT2D eigenvalue weighted by atomic mass is 10.1. The van der Waals surface area contributed by atoms with Crippen LogP contribution in [0.5, 0.6) is 0 Å². The van der Waals surface area contributed by atoms with Gasteiger partial charge in [-0.3, -0.25) is 4.79 Å². The number of carboxylic acids is 1. The van der Waals surface area contributed by atoms with Crippen molar-refractivity contribution in [2.75, 3.05) is 0 Å². The molecule has 0 unspecified atom stereocenters. The number of nitrogens with zero attached hydrogens (tertiary/aromatic N) is 1. The van der Waals surface area contributed by atoms with E-state index >= 15 is 0 Å². The number of nitrogens with two attached hydrogens (primary N) is 1. The molecule has 0 aliphatic rings. The van der Waals surface area contributed by atoms with Crippen LogP contribution in [0.1, 0.15) is 5.56 Å². The Labute approximate surface area is 83.9 Å². The first kappa shape index (κ1) is 10.1. The molecule has 1 heterocycles. The van der Waals surface area contributed by atoms with E-state index in [1.807, 2.05) is 0 Å². The third kappa shape index (κ3) is 3.12. The van der Waals surface area contributed by atoms with Crippen molar-refractivity contribution in [2.24, 2.45) is 5.73 Å². The van der Waals surface area contributed by atoms with Crippen LogP contribution >= 0.6 is 15.9 Å². The molecular weight excluding hydrogens is 236 g/mol. The predicted octanol–water partition coefficient (Wildman–Crippen LogP) is 0.798. The molecule has 0 spiro atoms. The summed E-state index contributed by atoms with van der Waals surface area (Å²) in [4.78, 5) is 14.4. The maximum atomic E-state index is 10.4. The summed E-state index contributed by atoms with van der Waals surface area (Å²) in [5.74, 6) is -0.993. The highest BCUT2D eigenvalue weighted by atomic mass is 79.9. The summed E-state index contributed by atoms with van der Waals surface area (Å²) in [5, 5.41) is 8.56. The van der Waals surface area contributed by atoms with Crippen molar-refractivity contribution >= 4 is 21.9 Å². The number of pyridine rings is 1. The monoisotopic (exact) mass is 244 g/mol. The van der Waals surface area contributed by atoms with Crippen LogP contribution in [-0.4, -0.2) is 22.1 Å². The fraction of sp³-hybridized carbons (Fsp3) is 0.250.